The highest BCUT2D eigenvalue weighted by atomic mass is 35.5. The fourth-order valence-corrected chi connectivity index (χ4v) is 3.22. The van der Waals surface area contributed by atoms with E-state index in [1.807, 2.05) is 24.3 Å². The lowest BCUT2D eigenvalue weighted by atomic mass is 10.3. The maximum Gasteiger partial charge on any atom is 0.237 e. The van der Waals surface area contributed by atoms with Crippen LogP contribution in [0.15, 0.2) is 53.7 Å². The van der Waals surface area contributed by atoms with Crippen molar-refractivity contribution in [2.24, 2.45) is 0 Å². The molecule has 1 atom stereocenters. The van der Waals surface area contributed by atoms with Gasteiger partial charge in [-0.3, -0.25) is 4.79 Å². The molecule has 0 spiro atoms. The molecule has 134 valence electrons. The third kappa shape index (κ3) is 4.14. The Morgan fingerprint density at radius 2 is 2.08 bits per heavy atom. The standard InChI is InChI=1S/C17H16ClN5O2S/c1-11(16(24)19-13-7-5-6-12(18)10-13)26-17-20-21-22-23(17)14-8-3-4-9-15(14)25-2/h3-11H,1-2H3,(H,19,24). The van der Waals surface area contributed by atoms with Crippen LogP contribution in [0.25, 0.3) is 5.69 Å². The Bertz CT molecular complexity index is 917. The molecule has 0 aliphatic rings. The van der Waals surface area contributed by atoms with Crippen LogP contribution in [0.5, 0.6) is 5.75 Å². The number of methoxy groups -OCH3 is 1. The molecule has 3 aromatic rings. The second-order valence-electron chi connectivity index (χ2n) is 5.30. The minimum absolute atomic E-state index is 0.174. The molecule has 1 amide bonds. The van der Waals surface area contributed by atoms with Gasteiger partial charge >= 0.3 is 0 Å². The first kappa shape index (κ1) is 18.2. The van der Waals surface area contributed by atoms with Crippen molar-refractivity contribution in [2.45, 2.75) is 17.3 Å². The quantitative estimate of drug-likeness (QED) is 0.650. The number of nitrogens with zero attached hydrogens (tertiary/aromatic N) is 4. The van der Waals surface area contributed by atoms with Gasteiger partial charge in [0.15, 0.2) is 0 Å². The summed E-state index contributed by atoms with van der Waals surface area (Å²) < 4.78 is 6.90. The number of carbonyl (C=O) groups is 1. The van der Waals surface area contributed by atoms with Gasteiger partial charge in [0.05, 0.1) is 12.4 Å². The highest BCUT2D eigenvalue weighted by Crippen LogP contribution is 2.28. The first-order chi connectivity index (χ1) is 12.6. The number of nitrogens with one attached hydrogen (secondary N) is 1. The van der Waals surface area contributed by atoms with E-state index in [-0.39, 0.29) is 5.91 Å². The summed E-state index contributed by atoms with van der Waals surface area (Å²) in [5.41, 5.74) is 1.34. The molecule has 0 aliphatic carbocycles. The van der Waals surface area contributed by atoms with E-state index in [1.54, 1.807) is 43.0 Å². The molecule has 2 aromatic carbocycles. The average molecular weight is 390 g/mol. The molecule has 3 rings (SSSR count). The summed E-state index contributed by atoms with van der Waals surface area (Å²) in [6.07, 6.45) is 0. The fraction of sp³-hybridized carbons (Fsp3) is 0.176. The molecule has 1 aromatic heterocycles. The zero-order valence-electron chi connectivity index (χ0n) is 14.1. The van der Waals surface area contributed by atoms with Gasteiger partial charge in [-0.05, 0) is 47.7 Å². The highest BCUT2D eigenvalue weighted by molar-refractivity contribution is 8.00. The molecule has 9 heteroatoms. The molecule has 1 heterocycles. The first-order valence-corrected chi connectivity index (χ1v) is 8.99. The van der Waals surface area contributed by atoms with Gasteiger partial charge in [0.2, 0.25) is 11.1 Å². The van der Waals surface area contributed by atoms with Crippen LogP contribution in [0.4, 0.5) is 5.69 Å². The number of tetrazole rings is 1. The fourth-order valence-electron chi connectivity index (χ4n) is 2.23. The topological polar surface area (TPSA) is 81.9 Å². The molecular weight excluding hydrogens is 374 g/mol. The van der Waals surface area contributed by atoms with E-state index < -0.39 is 5.25 Å². The Kier molecular flexibility index (Phi) is 5.75. The summed E-state index contributed by atoms with van der Waals surface area (Å²) in [5, 5.41) is 15.2. The Morgan fingerprint density at radius 3 is 2.85 bits per heavy atom. The number of halogens is 1. The van der Waals surface area contributed by atoms with Gasteiger partial charge in [0.1, 0.15) is 11.4 Å². The second-order valence-corrected chi connectivity index (χ2v) is 7.05. The molecule has 0 radical (unpaired) electrons. The third-order valence-corrected chi connectivity index (χ3v) is 4.77. The van der Waals surface area contributed by atoms with E-state index in [4.69, 9.17) is 16.3 Å². The van der Waals surface area contributed by atoms with Crippen molar-refractivity contribution < 1.29 is 9.53 Å². The van der Waals surface area contributed by atoms with Crippen molar-refractivity contribution >= 4 is 35.0 Å². The van der Waals surface area contributed by atoms with Gasteiger partial charge in [-0.1, -0.05) is 41.6 Å². The predicted octanol–water partition coefficient (Wildman–Crippen LogP) is 3.44. The SMILES string of the molecule is COc1ccccc1-n1nnnc1SC(C)C(=O)Nc1cccc(Cl)c1. The molecule has 26 heavy (non-hydrogen) atoms. The zero-order valence-corrected chi connectivity index (χ0v) is 15.7. The summed E-state index contributed by atoms with van der Waals surface area (Å²) in [6, 6.07) is 14.4. The number of benzene rings is 2. The average Bonchev–Trinajstić information content (AvgIpc) is 3.09. The monoisotopic (exact) mass is 389 g/mol. The largest absolute Gasteiger partial charge is 0.494 e. The van der Waals surface area contributed by atoms with Crippen LogP contribution in [-0.2, 0) is 4.79 Å². The lowest BCUT2D eigenvalue weighted by Gasteiger charge is -2.13. The Labute approximate surface area is 159 Å². The van der Waals surface area contributed by atoms with E-state index in [2.05, 4.69) is 20.8 Å². The predicted molar refractivity (Wildman–Crippen MR) is 101 cm³/mol. The number of carbonyl (C=O) groups excluding carboxylic acids is 1. The molecule has 0 saturated heterocycles. The smallest absolute Gasteiger partial charge is 0.237 e. The molecule has 0 saturated carbocycles. The van der Waals surface area contributed by atoms with E-state index in [0.717, 1.165) is 0 Å². The number of amides is 1. The van der Waals surface area contributed by atoms with Crippen molar-refractivity contribution in [3.8, 4) is 11.4 Å². The van der Waals surface area contributed by atoms with Crippen LogP contribution < -0.4 is 10.1 Å². The van der Waals surface area contributed by atoms with E-state index >= 15 is 0 Å². The first-order valence-electron chi connectivity index (χ1n) is 7.73. The highest BCUT2D eigenvalue weighted by Gasteiger charge is 2.20. The lowest BCUT2D eigenvalue weighted by molar-refractivity contribution is -0.115. The number of ether oxygens (including phenoxy) is 1. The van der Waals surface area contributed by atoms with Crippen molar-refractivity contribution in [1.82, 2.24) is 20.2 Å². The zero-order chi connectivity index (χ0) is 18.5. The van der Waals surface area contributed by atoms with E-state index in [1.165, 1.54) is 11.8 Å². The number of thioether (sulfide) groups is 1. The minimum atomic E-state index is -0.423. The maximum absolute atomic E-state index is 12.4. The number of hydrogen-bond acceptors (Lipinski definition) is 6. The number of para-hydroxylation sites is 2. The van der Waals surface area contributed by atoms with Crippen LogP contribution in [0.2, 0.25) is 5.02 Å². The normalized spacial score (nSPS) is 11.8. The van der Waals surface area contributed by atoms with E-state index in [0.29, 0.717) is 27.3 Å². The number of rotatable bonds is 6. The van der Waals surface area contributed by atoms with Gasteiger partial charge in [-0.2, -0.15) is 4.68 Å². The van der Waals surface area contributed by atoms with Crippen molar-refractivity contribution in [3.63, 3.8) is 0 Å². The summed E-state index contributed by atoms with van der Waals surface area (Å²) in [5.74, 6) is 0.463. The van der Waals surface area contributed by atoms with Crippen LogP contribution in [-0.4, -0.2) is 38.5 Å². The van der Waals surface area contributed by atoms with Crippen LogP contribution in [0, 0.1) is 0 Å². The molecule has 0 fully saturated rings. The molecule has 1 N–H and O–H groups in total. The summed E-state index contributed by atoms with van der Waals surface area (Å²) >= 11 is 7.19. The molecule has 1 unspecified atom stereocenters. The summed E-state index contributed by atoms with van der Waals surface area (Å²) in [6.45, 7) is 1.78. The molecule has 7 nitrogen and oxygen atoms in total. The Balaban J connectivity index is 1.75. The summed E-state index contributed by atoms with van der Waals surface area (Å²) in [4.78, 5) is 12.4. The van der Waals surface area contributed by atoms with Crippen molar-refractivity contribution in [2.75, 3.05) is 12.4 Å². The Hall–Kier alpha value is -2.58. The number of anilines is 1. The molecular formula is C17H16ClN5O2S. The molecule has 0 aliphatic heterocycles. The lowest BCUT2D eigenvalue weighted by Crippen LogP contribution is -2.22. The second kappa shape index (κ2) is 8.20. The van der Waals surface area contributed by atoms with Gasteiger partial charge in [-0.25, -0.2) is 0 Å². The molecule has 0 bridgehead atoms. The minimum Gasteiger partial charge on any atom is -0.494 e. The van der Waals surface area contributed by atoms with Crippen LogP contribution in [0.3, 0.4) is 0 Å². The van der Waals surface area contributed by atoms with Gasteiger partial charge < -0.3 is 10.1 Å². The number of hydrogen-bond donors (Lipinski definition) is 1. The van der Waals surface area contributed by atoms with E-state index in [9.17, 15) is 4.79 Å². The third-order valence-electron chi connectivity index (χ3n) is 3.50. The van der Waals surface area contributed by atoms with Crippen molar-refractivity contribution in [3.05, 3.63) is 53.6 Å². The summed E-state index contributed by atoms with van der Waals surface area (Å²) in [7, 11) is 1.58. The Morgan fingerprint density at radius 1 is 1.27 bits per heavy atom. The maximum atomic E-state index is 12.4. The van der Waals surface area contributed by atoms with Crippen LogP contribution in [0.1, 0.15) is 6.92 Å². The van der Waals surface area contributed by atoms with Gasteiger partial charge in [0.25, 0.3) is 0 Å². The number of aromatic nitrogens is 4. The van der Waals surface area contributed by atoms with Gasteiger partial charge in [0, 0.05) is 10.7 Å². The van der Waals surface area contributed by atoms with Crippen LogP contribution >= 0.6 is 23.4 Å². The van der Waals surface area contributed by atoms with Gasteiger partial charge in [-0.15, -0.1) is 5.10 Å². The van der Waals surface area contributed by atoms with Crippen molar-refractivity contribution in [1.29, 1.82) is 0 Å².